The number of ether oxygens (including phenoxy) is 2. The van der Waals surface area contributed by atoms with E-state index < -0.39 is 0 Å². The van der Waals surface area contributed by atoms with Crippen molar-refractivity contribution in [2.24, 2.45) is 11.8 Å². The zero-order valence-electron chi connectivity index (χ0n) is 13.2. The number of unbranched alkanes of at least 4 members (excludes halogenated alkanes) is 1. The zero-order valence-corrected chi connectivity index (χ0v) is 13.2. The van der Waals surface area contributed by atoms with Crippen molar-refractivity contribution in [1.29, 1.82) is 0 Å². The Labute approximate surface area is 128 Å². The van der Waals surface area contributed by atoms with Gasteiger partial charge in [-0.1, -0.05) is 45.6 Å². The molecule has 2 unspecified atom stereocenters. The minimum absolute atomic E-state index is 0.169. The van der Waals surface area contributed by atoms with E-state index in [1.165, 1.54) is 31.2 Å². The molecule has 1 aromatic carbocycles. The number of hydrogen-bond acceptors (Lipinski definition) is 4. The molecule has 0 amide bonds. The highest BCUT2D eigenvalue weighted by Crippen LogP contribution is 2.34. The first-order chi connectivity index (χ1) is 10.3. The molecule has 0 radical (unpaired) electrons. The molecule has 0 fully saturated rings. The Morgan fingerprint density at radius 2 is 1.95 bits per heavy atom. The molecular formula is C17H28N2O2. The topological polar surface area (TPSA) is 56.5 Å². The molecule has 0 aliphatic carbocycles. The highest BCUT2D eigenvalue weighted by molar-refractivity contribution is 5.44. The van der Waals surface area contributed by atoms with E-state index in [0.29, 0.717) is 19.1 Å². The van der Waals surface area contributed by atoms with E-state index in [1.807, 2.05) is 6.07 Å². The van der Waals surface area contributed by atoms with Gasteiger partial charge < -0.3 is 9.47 Å². The second kappa shape index (κ2) is 8.25. The fourth-order valence-corrected chi connectivity index (χ4v) is 2.89. The van der Waals surface area contributed by atoms with Crippen LogP contribution in [-0.2, 0) is 0 Å². The fourth-order valence-electron chi connectivity index (χ4n) is 2.89. The molecule has 2 atom stereocenters. The molecular weight excluding hydrogens is 264 g/mol. The van der Waals surface area contributed by atoms with Gasteiger partial charge in [-0.15, -0.1) is 0 Å². The minimum Gasteiger partial charge on any atom is -0.486 e. The lowest BCUT2D eigenvalue weighted by Crippen LogP contribution is -2.30. The van der Waals surface area contributed by atoms with Gasteiger partial charge in [-0.05, 0) is 30.0 Å². The largest absolute Gasteiger partial charge is 0.486 e. The average molecular weight is 292 g/mol. The number of rotatable bonds is 8. The summed E-state index contributed by atoms with van der Waals surface area (Å²) in [5.74, 6) is 8.16. The average Bonchev–Trinajstić information content (AvgIpc) is 2.55. The van der Waals surface area contributed by atoms with Crippen molar-refractivity contribution >= 4 is 0 Å². The van der Waals surface area contributed by atoms with Crippen LogP contribution in [0.1, 0.15) is 57.6 Å². The number of hydrazine groups is 1. The van der Waals surface area contributed by atoms with Crippen LogP contribution in [0, 0.1) is 5.92 Å². The number of nitrogens with two attached hydrogens (primary N) is 1. The van der Waals surface area contributed by atoms with Gasteiger partial charge in [-0.2, -0.15) is 0 Å². The van der Waals surface area contributed by atoms with Gasteiger partial charge in [0.15, 0.2) is 11.5 Å². The summed E-state index contributed by atoms with van der Waals surface area (Å²) in [6.07, 6.45) is 6.07. The van der Waals surface area contributed by atoms with Crippen molar-refractivity contribution in [3.8, 4) is 11.5 Å². The Balaban J connectivity index is 2.05. The minimum atomic E-state index is 0.169. The van der Waals surface area contributed by atoms with Crippen LogP contribution >= 0.6 is 0 Å². The van der Waals surface area contributed by atoms with E-state index in [4.69, 9.17) is 15.3 Å². The third-order valence-corrected chi connectivity index (χ3v) is 4.28. The lowest BCUT2D eigenvalue weighted by Gasteiger charge is -2.24. The van der Waals surface area contributed by atoms with E-state index in [2.05, 4.69) is 31.4 Å². The van der Waals surface area contributed by atoms with Crippen molar-refractivity contribution in [3.05, 3.63) is 23.8 Å². The molecule has 0 spiro atoms. The van der Waals surface area contributed by atoms with Crippen LogP contribution in [-0.4, -0.2) is 13.2 Å². The van der Waals surface area contributed by atoms with Gasteiger partial charge in [0.05, 0.1) is 0 Å². The Morgan fingerprint density at radius 1 is 1.19 bits per heavy atom. The van der Waals surface area contributed by atoms with Crippen LogP contribution in [0.2, 0.25) is 0 Å². The molecule has 4 heteroatoms. The van der Waals surface area contributed by atoms with Crippen LogP contribution < -0.4 is 20.7 Å². The van der Waals surface area contributed by atoms with Gasteiger partial charge in [-0.25, -0.2) is 0 Å². The van der Waals surface area contributed by atoms with Gasteiger partial charge in [0.1, 0.15) is 13.2 Å². The maximum atomic E-state index is 5.79. The molecule has 118 valence electrons. The van der Waals surface area contributed by atoms with Crippen molar-refractivity contribution in [1.82, 2.24) is 5.43 Å². The van der Waals surface area contributed by atoms with Crippen LogP contribution in [0.15, 0.2) is 18.2 Å². The summed E-state index contributed by atoms with van der Waals surface area (Å²) < 4.78 is 11.2. The van der Waals surface area contributed by atoms with Crippen molar-refractivity contribution in [2.75, 3.05) is 13.2 Å². The highest BCUT2D eigenvalue weighted by Gasteiger charge is 2.19. The molecule has 0 bridgehead atoms. The number of fused-ring (bicyclic) bond motifs is 1. The molecule has 3 N–H and O–H groups in total. The van der Waals surface area contributed by atoms with E-state index in [1.54, 1.807) is 0 Å². The van der Waals surface area contributed by atoms with Crippen LogP contribution in [0.5, 0.6) is 11.5 Å². The second-order valence-electron chi connectivity index (χ2n) is 5.77. The van der Waals surface area contributed by atoms with E-state index >= 15 is 0 Å². The molecule has 0 saturated carbocycles. The number of hydrogen-bond donors (Lipinski definition) is 2. The summed E-state index contributed by atoms with van der Waals surface area (Å²) >= 11 is 0. The van der Waals surface area contributed by atoms with Crippen LogP contribution in [0.25, 0.3) is 0 Å². The van der Waals surface area contributed by atoms with Crippen molar-refractivity contribution in [3.63, 3.8) is 0 Å². The quantitative estimate of drug-likeness (QED) is 0.568. The third-order valence-electron chi connectivity index (χ3n) is 4.28. The SMILES string of the molecule is CCCCC(CC)CC(NN)c1ccc2c(c1)OCCO2. The molecule has 1 aliphatic heterocycles. The highest BCUT2D eigenvalue weighted by atomic mass is 16.6. The van der Waals surface area contributed by atoms with Gasteiger partial charge in [0.25, 0.3) is 0 Å². The van der Waals surface area contributed by atoms with Crippen molar-refractivity contribution in [2.45, 2.75) is 52.0 Å². The summed E-state index contributed by atoms with van der Waals surface area (Å²) in [5, 5.41) is 0. The maximum Gasteiger partial charge on any atom is 0.161 e. The summed E-state index contributed by atoms with van der Waals surface area (Å²) in [5.41, 5.74) is 4.15. The van der Waals surface area contributed by atoms with Crippen LogP contribution in [0.3, 0.4) is 0 Å². The molecule has 0 aromatic heterocycles. The predicted octanol–water partition coefficient (Wildman–Crippen LogP) is 3.57. The summed E-state index contributed by atoms with van der Waals surface area (Å²) in [6, 6.07) is 6.31. The summed E-state index contributed by atoms with van der Waals surface area (Å²) in [6.45, 7) is 5.75. The number of nitrogens with one attached hydrogen (secondary N) is 1. The monoisotopic (exact) mass is 292 g/mol. The molecule has 21 heavy (non-hydrogen) atoms. The molecule has 4 nitrogen and oxygen atoms in total. The maximum absolute atomic E-state index is 5.79. The Bertz CT molecular complexity index is 437. The van der Waals surface area contributed by atoms with Gasteiger partial charge >= 0.3 is 0 Å². The normalized spacial score (nSPS) is 16.5. The first-order valence-electron chi connectivity index (χ1n) is 8.14. The Hall–Kier alpha value is -1.26. The molecule has 1 aromatic rings. The smallest absolute Gasteiger partial charge is 0.161 e. The van der Waals surface area contributed by atoms with E-state index in [-0.39, 0.29) is 6.04 Å². The standard InChI is InChI=1S/C17H28N2O2/c1-3-5-6-13(4-2)11-15(19-18)14-7-8-16-17(12-14)21-10-9-20-16/h7-8,12-13,15,19H,3-6,9-11,18H2,1-2H3. The van der Waals surface area contributed by atoms with Crippen molar-refractivity contribution < 1.29 is 9.47 Å². The van der Waals surface area contributed by atoms with E-state index in [9.17, 15) is 0 Å². The lowest BCUT2D eigenvalue weighted by atomic mass is 9.89. The summed E-state index contributed by atoms with van der Waals surface area (Å²) in [4.78, 5) is 0. The molecule has 2 rings (SSSR count). The molecule has 1 heterocycles. The lowest BCUT2D eigenvalue weighted by molar-refractivity contribution is 0.171. The van der Waals surface area contributed by atoms with Crippen LogP contribution in [0.4, 0.5) is 0 Å². The Morgan fingerprint density at radius 3 is 2.62 bits per heavy atom. The van der Waals surface area contributed by atoms with E-state index in [0.717, 1.165) is 17.9 Å². The van der Waals surface area contributed by atoms with Gasteiger partial charge in [0.2, 0.25) is 0 Å². The third kappa shape index (κ3) is 4.35. The second-order valence-corrected chi connectivity index (χ2v) is 5.77. The first kappa shape index (κ1) is 16.1. The first-order valence-corrected chi connectivity index (χ1v) is 8.14. The van der Waals surface area contributed by atoms with Gasteiger partial charge in [0, 0.05) is 6.04 Å². The molecule has 1 aliphatic rings. The zero-order chi connectivity index (χ0) is 15.1. The predicted molar refractivity (Wildman–Crippen MR) is 85.4 cm³/mol. The summed E-state index contributed by atoms with van der Waals surface area (Å²) in [7, 11) is 0. The number of benzene rings is 1. The van der Waals surface area contributed by atoms with Gasteiger partial charge in [-0.3, -0.25) is 11.3 Å². The Kier molecular flexibility index (Phi) is 6.33. The molecule has 0 saturated heterocycles. The fraction of sp³-hybridized carbons (Fsp3) is 0.647.